The largest absolute Gasteiger partial charge is 0.349 e. The van der Waals surface area contributed by atoms with Crippen LogP contribution in [0.5, 0.6) is 0 Å². The first-order valence-corrected chi connectivity index (χ1v) is 9.04. The predicted molar refractivity (Wildman–Crippen MR) is 99.7 cm³/mol. The van der Waals surface area contributed by atoms with Gasteiger partial charge >= 0.3 is 0 Å². The first kappa shape index (κ1) is 19.9. The monoisotopic (exact) mass is 356 g/mol. The highest BCUT2D eigenvalue weighted by atomic mass is 16.2. The Bertz CT molecular complexity index is 675. The molecule has 26 heavy (non-hydrogen) atoms. The summed E-state index contributed by atoms with van der Waals surface area (Å²) in [5.74, 6) is -0.585. The summed E-state index contributed by atoms with van der Waals surface area (Å²) in [7, 11) is 0. The van der Waals surface area contributed by atoms with Crippen LogP contribution in [0.25, 0.3) is 0 Å². The molecule has 1 aliphatic rings. The summed E-state index contributed by atoms with van der Waals surface area (Å²) in [4.78, 5) is 26.5. The smallest absolute Gasteiger partial charge is 0.241 e. The molecule has 0 aromatic heterocycles. The van der Waals surface area contributed by atoms with Gasteiger partial charge < -0.3 is 16.0 Å². The van der Waals surface area contributed by atoms with Crippen molar-refractivity contribution in [2.75, 3.05) is 6.54 Å². The van der Waals surface area contributed by atoms with Crippen LogP contribution in [0, 0.1) is 16.7 Å². The van der Waals surface area contributed by atoms with Gasteiger partial charge in [-0.3, -0.25) is 9.59 Å². The Hall–Kier alpha value is -2.39. The molecule has 1 unspecified atom stereocenters. The van der Waals surface area contributed by atoms with Crippen LogP contribution in [0.2, 0.25) is 0 Å². The van der Waals surface area contributed by atoms with E-state index in [-0.39, 0.29) is 29.7 Å². The van der Waals surface area contributed by atoms with E-state index in [0.29, 0.717) is 13.0 Å². The summed E-state index contributed by atoms with van der Waals surface area (Å²) < 4.78 is 0. The highest BCUT2D eigenvalue weighted by Crippen LogP contribution is 2.32. The average molecular weight is 356 g/mol. The molecule has 1 aromatic rings. The van der Waals surface area contributed by atoms with Gasteiger partial charge in [-0.15, -0.1) is 0 Å². The van der Waals surface area contributed by atoms with E-state index in [1.807, 2.05) is 30.3 Å². The topological polar surface area (TPSA) is 99.2 Å². The fourth-order valence-electron chi connectivity index (χ4n) is 3.33. The molecule has 1 heterocycles. The number of rotatable bonds is 5. The summed E-state index contributed by atoms with van der Waals surface area (Å²) >= 11 is 0. The van der Waals surface area contributed by atoms with Crippen molar-refractivity contribution in [3.05, 3.63) is 35.9 Å². The first-order chi connectivity index (χ1) is 12.2. The van der Waals surface area contributed by atoms with Crippen molar-refractivity contribution in [3.8, 4) is 6.07 Å². The molecule has 0 aliphatic carbocycles. The number of hydrogen-bond acceptors (Lipinski definition) is 4. The van der Waals surface area contributed by atoms with Gasteiger partial charge in [0.1, 0.15) is 6.04 Å². The van der Waals surface area contributed by atoms with Gasteiger partial charge in [-0.1, -0.05) is 51.1 Å². The summed E-state index contributed by atoms with van der Waals surface area (Å²) in [5.41, 5.74) is 6.80. The molecule has 2 rings (SSSR count). The molecule has 140 valence electrons. The Labute approximate surface area is 155 Å². The van der Waals surface area contributed by atoms with Crippen LogP contribution in [0.1, 0.15) is 51.6 Å². The third-order valence-corrected chi connectivity index (χ3v) is 4.71. The van der Waals surface area contributed by atoms with Gasteiger partial charge in [0.2, 0.25) is 11.8 Å². The fraction of sp³-hybridized carbons (Fsp3) is 0.550. The normalized spacial score (nSPS) is 19.5. The highest BCUT2D eigenvalue weighted by molar-refractivity contribution is 5.88. The molecule has 3 atom stereocenters. The number of benzene rings is 1. The molecule has 1 aliphatic heterocycles. The van der Waals surface area contributed by atoms with Crippen LogP contribution in [-0.4, -0.2) is 35.3 Å². The van der Waals surface area contributed by atoms with Gasteiger partial charge in [0.25, 0.3) is 0 Å². The summed E-state index contributed by atoms with van der Waals surface area (Å²) in [6, 6.07) is 10.3. The lowest BCUT2D eigenvalue weighted by Gasteiger charge is -2.32. The lowest BCUT2D eigenvalue weighted by Crippen LogP contribution is -2.48. The van der Waals surface area contributed by atoms with Crippen molar-refractivity contribution in [1.29, 1.82) is 5.26 Å². The maximum Gasteiger partial charge on any atom is 0.241 e. The second-order valence-corrected chi connectivity index (χ2v) is 7.91. The van der Waals surface area contributed by atoms with Crippen LogP contribution in [-0.2, 0) is 9.59 Å². The summed E-state index contributed by atoms with van der Waals surface area (Å²) in [5, 5.41) is 12.1. The number of nitrogens with two attached hydrogens (primary N) is 1. The molecule has 6 heteroatoms. The van der Waals surface area contributed by atoms with E-state index in [0.717, 1.165) is 12.0 Å². The third kappa shape index (κ3) is 4.83. The Balaban J connectivity index is 2.02. The number of nitriles is 1. The van der Waals surface area contributed by atoms with Crippen LogP contribution in [0.3, 0.4) is 0 Å². The molecule has 0 spiro atoms. The van der Waals surface area contributed by atoms with Gasteiger partial charge in [0.15, 0.2) is 0 Å². The van der Waals surface area contributed by atoms with Crippen molar-refractivity contribution in [2.45, 2.75) is 58.2 Å². The van der Waals surface area contributed by atoms with Crippen molar-refractivity contribution in [1.82, 2.24) is 10.2 Å². The van der Waals surface area contributed by atoms with Crippen molar-refractivity contribution in [2.24, 2.45) is 11.1 Å². The molecule has 0 bridgehead atoms. The number of nitrogens with one attached hydrogen (secondary N) is 1. The van der Waals surface area contributed by atoms with Crippen LogP contribution in [0.15, 0.2) is 30.3 Å². The lowest BCUT2D eigenvalue weighted by atomic mass is 9.82. The van der Waals surface area contributed by atoms with Gasteiger partial charge in [-0.05, 0) is 23.8 Å². The predicted octanol–water partition coefficient (Wildman–Crippen LogP) is 2.12. The van der Waals surface area contributed by atoms with Gasteiger partial charge in [-0.25, -0.2) is 0 Å². The second-order valence-electron chi connectivity index (χ2n) is 7.91. The molecule has 0 radical (unpaired) electrons. The first-order valence-electron chi connectivity index (χ1n) is 9.04. The van der Waals surface area contributed by atoms with E-state index in [9.17, 15) is 9.59 Å². The van der Waals surface area contributed by atoms with Crippen LogP contribution in [0.4, 0.5) is 0 Å². The number of carbonyl (C=O) groups is 2. The quantitative estimate of drug-likeness (QED) is 0.844. The van der Waals surface area contributed by atoms with E-state index in [1.54, 1.807) is 0 Å². The van der Waals surface area contributed by atoms with Gasteiger partial charge in [0.05, 0.1) is 24.6 Å². The minimum Gasteiger partial charge on any atom is -0.349 e. The Morgan fingerprint density at radius 2 is 2.00 bits per heavy atom. The van der Waals surface area contributed by atoms with Crippen molar-refractivity contribution >= 4 is 11.8 Å². The molecule has 1 saturated heterocycles. The third-order valence-electron chi connectivity index (χ3n) is 4.71. The number of carbonyl (C=O) groups excluding carboxylic acids is 2. The molecular formula is C20H28N4O2. The SMILES string of the molecule is CC(C)(C)C(NC(=O)C[C@H](N)C(=O)N1CCC[C@H]1C#N)c1ccccc1. The molecule has 1 aromatic carbocycles. The fourth-order valence-corrected chi connectivity index (χ4v) is 3.33. The average Bonchev–Trinajstić information content (AvgIpc) is 3.07. The van der Waals surface area contributed by atoms with Crippen LogP contribution >= 0.6 is 0 Å². The lowest BCUT2D eigenvalue weighted by molar-refractivity contribution is -0.135. The van der Waals surface area contributed by atoms with E-state index in [4.69, 9.17) is 11.0 Å². The van der Waals surface area contributed by atoms with Crippen molar-refractivity contribution in [3.63, 3.8) is 0 Å². The highest BCUT2D eigenvalue weighted by Gasteiger charge is 2.33. The minimum atomic E-state index is -0.930. The molecule has 1 fully saturated rings. The van der Waals surface area contributed by atoms with E-state index < -0.39 is 12.1 Å². The van der Waals surface area contributed by atoms with E-state index >= 15 is 0 Å². The van der Waals surface area contributed by atoms with Crippen molar-refractivity contribution < 1.29 is 9.59 Å². The molecule has 6 nitrogen and oxygen atoms in total. The minimum absolute atomic E-state index is 0.0904. The zero-order valence-electron chi connectivity index (χ0n) is 15.7. The van der Waals surface area contributed by atoms with Gasteiger partial charge in [-0.2, -0.15) is 5.26 Å². The van der Waals surface area contributed by atoms with Gasteiger partial charge in [0, 0.05) is 6.54 Å². The molecule has 0 saturated carbocycles. The Kier molecular flexibility index (Phi) is 6.38. The summed E-state index contributed by atoms with van der Waals surface area (Å²) in [6.07, 6.45) is 1.37. The van der Waals surface area contributed by atoms with Crippen LogP contribution < -0.4 is 11.1 Å². The Morgan fingerprint density at radius 3 is 2.58 bits per heavy atom. The molecular weight excluding hydrogens is 328 g/mol. The number of likely N-dealkylation sites (tertiary alicyclic amines) is 1. The standard InChI is InChI=1S/C20H28N4O2/c1-20(2,3)18(14-8-5-4-6-9-14)23-17(25)12-16(22)19(26)24-11-7-10-15(24)13-21/h4-6,8-9,15-16,18H,7,10-12,22H2,1-3H3,(H,23,25)/t15-,16-,18?/m0/s1. The zero-order chi connectivity index (χ0) is 19.3. The number of hydrogen-bond donors (Lipinski definition) is 2. The second kappa shape index (κ2) is 8.33. The van der Waals surface area contributed by atoms with E-state index in [2.05, 4.69) is 32.2 Å². The molecule has 2 amide bonds. The number of nitrogens with zero attached hydrogens (tertiary/aromatic N) is 2. The maximum atomic E-state index is 12.5. The molecule has 3 N–H and O–H groups in total. The zero-order valence-corrected chi connectivity index (χ0v) is 15.7. The number of amides is 2. The van der Waals surface area contributed by atoms with E-state index in [1.165, 1.54) is 4.90 Å². The Morgan fingerprint density at radius 1 is 1.35 bits per heavy atom. The summed E-state index contributed by atoms with van der Waals surface area (Å²) in [6.45, 7) is 6.69. The maximum absolute atomic E-state index is 12.5.